The molecule has 0 saturated carbocycles. The average Bonchev–Trinajstić information content (AvgIpc) is 3.24. The molecule has 1 fully saturated rings. The van der Waals surface area contributed by atoms with Gasteiger partial charge in [0.05, 0.1) is 17.9 Å². The predicted molar refractivity (Wildman–Crippen MR) is 92.2 cm³/mol. The van der Waals surface area contributed by atoms with Gasteiger partial charge in [-0.2, -0.15) is 5.10 Å². The molecule has 0 amide bonds. The lowest BCUT2D eigenvalue weighted by Crippen LogP contribution is -2.33. The summed E-state index contributed by atoms with van der Waals surface area (Å²) in [7, 11) is 0. The van der Waals surface area contributed by atoms with Crippen molar-refractivity contribution >= 4 is 0 Å². The third-order valence-corrected chi connectivity index (χ3v) is 4.81. The van der Waals surface area contributed by atoms with Gasteiger partial charge >= 0.3 is 0 Å². The summed E-state index contributed by atoms with van der Waals surface area (Å²) in [6.45, 7) is 3.67. The van der Waals surface area contributed by atoms with Gasteiger partial charge in [0, 0.05) is 23.7 Å². The fourth-order valence-electron chi connectivity index (χ4n) is 3.60. The number of aromatic nitrogens is 3. The lowest BCUT2D eigenvalue weighted by molar-refractivity contribution is 0.134. The topological polar surface area (TPSA) is 58.0 Å². The van der Waals surface area contributed by atoms with E-state index in [0.29, 0.717) is 0 Å². The summed E-state index contributed by atoms with van der Waals surface area (Å²) >= 11 is 0. The van der Waals surface area contributed by atoms with Crippen LogP contribution in [0.1, 0.15) is 42.3 Å². The van der Waals surface area contributed by atoms with Crippen molar-refractivity contribution in [3.05, 3.63) is 59.4 Å². The maximum absolute atomic E-state index is 13.6. The Morgan fingerprint density at radius 3 is 3.04 bits per heavy atom. The Morgan fingerprint density at radius 1 is 1.32 bits per heavy atom. The van der Waals surface area contributed by atoms with Crippen LogP contribution in [0.5, 0.6) is 0 Å². The largest absolute Gasteiger partial charge is 0.361 e. The molecule has 0 bridgehead atoms. The molecule has 1 saturated heterocycles. The van der Waals surface area contributed by atoms with E-state index in [1.165, 1.54) is 25.0 Å². The number of benzene rings is 1. The zero-order valence-electron chi connectivity index (χ0n) is 14.2. The van der Waals surface area contributed by atoms with Crippen LogP contribution in [0.15, 0.2) is 41.1 Å². The predicted octanol–water partition coefficient (Wildman–Crippen LogP) is 4.24. The molecule has 2 aromatic heterocycles. The van der Waals surface area contributed by atoms with Gasteiger partial charge in [-0.05, 0) is 38.4 Å². The summed E-state index contributed by atoms with van der Waals surface area (Å²) in [5.74, 6) is 0.594. The quantitative estimate of drug-likeness (QED) is 0.772. The number of nitrogens with zero attached hydrogens (tertiary/aromatic N) is 3. The number of halogens is 1. The molecule has 0 aliphatic carbocycles. The molecule has 130 valence electrons. The lowest BCUT2D eigenvalue weighted by atomic mass is 9.98. The van der Waals surface area contributed by atoms with E-state index >= 15 is 0 Å². The average molecular weight is 340 g/mol. The molecule has 4 rings (SSSR count). The molecule has 3 aromatic rings. The van der Waals surface area contributed by atoms with Crippen LogP contribution < -0.4 is 0 Å². The van der Waals surface area contributed by atoms with Crippen molar-refractivity contribution in [1.29, 1.82) is 0 Å². The van der Waals surface area contributed by atoms with Crippen molar-refractivity contribution < 1.29 is 8.91 Å². The van der Waals surface area contributed by atoms with E-state index < -0.39 is 0 Å². The standard InChI is InChI=1S/C19H21FN4O/c1-13-9-17(23-25-13)18-7-2-3-8-24(18)12-15-11-21-22-19(15)14-5-4-6-16(20)10-14/h4-6,9-11,18H,2-3,7-8,12H2,1H3,(H,21,22). The third-order valence-electron chi connectivity index (χ3n) is 4.81. The van der Waals surface area contributed by atoms with Crippen LogP contribution in [0.2, 0.25) is 0 Å². The minimum absolute atomic E-state index is 0.244. The first-order chi connectivity index (χ1) is 12.2. The van der Waals surface area contributed by atoms with Gasteiger partial charge in [0.1, 0.15) is 17.3 Å². The van der Waals surface area contributed by atoms with Crippen LogP contribution in [0.25, 0.3) is 11.3 Å². The number of hydrogen-bond donors (Lipinski definition) is 1. The fourth-order valence-corrected chi connectivity index (χ4v) is 3.60. The molecule has 3 heterocycles. The van der Waals surface area contributed by atoms with Crippen LogP contribution in [-0.2, 0) is 6.54 Å². The first kappa shape index (κ1) is 16.0. The second-order valence-electron chi connectivity index (χ2n) is 6.63. The Kier molecular flexibility index (Phi) is 4.36. The van der Waals surface area contributed by atoms with E-state index in [1.54, 1.807) is 6.07 Å². The van der Waals surface area contributed by atoms with Crippen molar-refractivity contribution in [3.63, 3.8) is 0 Å². The molecule has 5 nitrogen and oxygen atoms in total. The van der Waals surface area contributed by atoms with Crippen molar-refractivity contribution in [2.24, 2.45) is 0 Å². The van der Waals surface area contributed by atoms with Crippen LogP contribution in [0.4, 0.5) is 4.39 Å². The highest BCUT2D eigenvalue weighted by atomic mass is 19.1. The number of rotatable bonds is 4. The first-order valence-corrected chi connectivity index (χ1v) is 8.66. The van der Waals surface area contributed by atoms with Gasteiger partial charge in [-0.3, -0.25) is 10.00 Å². The van der Waals surface area contributed by atoms with E-state index in [-0.39, 0.29) is 11.9 Å². The van der Waals surface area contributed by atoms with Gasteiger partial charge in [0.25, 0.3) is 0 Å². The molecular weight excluding hydrogens is 319 g/mol. The third kappa shape index (κ3) is 3.35. The normalized spacial score (nSPS) is 18.6. The number of aromatic amines is 1. The van der Waals surface area contributed by atoms with E-state index in [1.807, 2.05) is 25.3 Å². The number of hydrogen-bond acceptors (Lipinski definition) is 4. The van der Waals surface area contributed by atoms with Gasteiger partial charge in [0.2, 0.25) is 0 Å². The van der Waals surface area contributed by atoms with Gasteiger partial charge in [-0.25, -0.2) is 4.39 Å². The molecule has 0 radical (unpaired) electrons. The Hall–Kier alpha value is -2.47. The van der Waals surface area contributed by atoms with E-state index in [4.69, 9.17) is 4.52 Å². The van der Waals surface area contributed by atoms with E-state index in [0.717, 1.165) is 47.8 Å². The fraction of sp³-hybridized carbons (Fsp3) is 0.368. The van der Waals surface area contributed by atoms with Crippen LogP contribution in [0.3, 0.4) is 0 Å². The maximum Gasteiger partial charge on any atom is 0.133 e. The summed E-state index contributed by atoms with van der Waals surface area (Å²) < 4.78 is 18.8. The molecule has 1 aromatic carbocycles. The van der Waals surface area contributed by atoms with Crippen molar-refractivity contribution in [2.75, 3.05) is 6.54 Å². The first-order valence-electron chi connectivity index (χ1n) is 8.66. The molecule has 6 heteroatoms. The Balaban J connectivity index is 1.60. The summed E-state index contributed by atoms with van der Waals surface area (Å²) in [4.78, 5) is 2.41. The van der Waals surface area contributed by atoms with E-state index in [9.17, 15) is 4.39 Å². The molecule has 1 atom stereocenters. The van der Waals surface area contributed by atoms with Gasteiger partial charge in [-0.1, -0.05) is 23.7 Å². The highest BCUT2D eigenvalue weighted by Gasteiger charge is 2.27. The highest BCUT2D eigenvalue weighted by Crippen LogP contribution is 2.33. The Labute approximate surface area is 145 Å². The lowest BCUT2D eigenvalue weighted by Gasteiger charge is -2.34. The molecule has 0 spiro atoms. The SMILES string of the molecule is Cc1cc(C2CCCCN2Cc2cn[nH]c2-c2cccc(F)c2)no1. The molecule has 25 heavy (non-hydrogen) atoms. The molecule has 1 aliphatic rings. The van der Waals surface area contributed by atoms with Crippen molar-refractivity contribution in [2.45, 2.75) is 38.8 Å². The monoisotopic (exact) mass is 340 g/mol. The zero-order valence-corrected chi connectivity index (χ0v) is 14.2. The summed E-state index contributed by atoms with van der Waals surface area (Å²) in [6.07, 6.45) is 5.26. The van der Waals surface area contributed by atoms with Crippen molar-refractivity contribution in [3.8, 4) is 11.3 Å². The molecule has 1 aliphatic heterocycles. The Morgan fingerprint density at radius 2 is 2.24 bits per heavy atom. The highest BCUT2D eigenvalue weighted by molar-refractivity contribution is 5.62. The second kappa shape index (κ2) is 6.80. The number of H-pyrrole nitrogens is 1. The minimum atomic E-state index is -0.244. The van der Waals surface area contributed by atoms with Crippen LogP contribution >= 0.6 is 0 Å². The summed E-state index contributed by atoms with van der Waals surface area (Å²) in [5.41, 5.74) is 3.75. The summed E-state index contributed by atoms with van der Waals surface area (Å²) in [5, 5.41) is 11.4. The number of piperidine rings is 1. The van der Waals surface area contributed by atoms with Gasteiger partial charge in [-0.15, -0.1) is 0 Å². The number of aryl methyl sites for hydroxylation is 1. The van der Waals surface area contributed by atoms with Gasteiger partial charge < -0.3 is 4.52 Å². The van der Waals surface area contributed by atoms with E-state index in [2.05, 4.69) is 20.3 Å². The maximum atomic E-state index is 13.6. The molecular formula is C19H21FN4O. The minimum Gasteiger partial charge on any atom is -0.361 e. The van der Waals surface area contributed by atoms with Crippen LogP contribution in [0, 0.1) is 12.7 Å². The number of nitrogens with one attached hydrogen (secondary N) is 1. The van der Waals surface area contributed by atoms with Gasteiger partial charge in [0.15, 0.2) is 0 Å². The smallest absolute Gasteiger partial charge is 0.133 e. The Bertz CT molecular complexity index is 856. The summed E-state index contributed by atoms with van der Waals surface area (Å²) in [6, 6.07) is 8.87. The van der Waals surface area contributed by atoms with Crippen LogP contribution in [-0.4, -0.2) is 26.8 Å². The second-order valence-corrected chi connectivity index (χ2v) is 6.63. The zero-order chi connectivity index (χ0) is 17.2. The molecule has 1 N–H and O–H groups in total. The molecule has 1 unspecified atom stereocenters. The number of likely N-dealkylation sites (tertiary alicyclic amines) is 1. The van der Waals surface area contributed by atoms with Crippen molar-refractivity contribution in [1.82, 2.24) is 20.3 Å².